The molecule has 2 nitrogen and oxygen atoms in total. The predicted octanol–water partition coefficient (Wildman–Crippen LogP) is 19.1. The van der Waals surface area contributed by atoms with Gasteiger partial charge in [-0.15, -0.1) is 0 Å². The minimum absolute atomic E-state index is 0.905. The van der Waals surface area contributed by atoms with Gasteiger partial charge in [0.05, 0.1) is 0 Å². The molecule has 0 N–H and O–H groups in total. The lowest BCUT2D eigenvalue weighted by Gasteiger charge is -2.19. The fraction of sp³-hybridized carbons (Fsp3) is 0. The van der Waals surface area contributed by atoms with E-state index in [1.807, 2.05) is 12.1 Å². The van der Waals surface area contributed by atoms with Gasteiger partial charge in [-0.1, -0.05) is 182 Å². The summed E-state index contributed by atoms with van der Waals surface area (Å²) in [6.45, 7) is 0. The predicted molar refractivity (Wildman–Crippen MR) is 288 cm³/mol. The zero-order chi connectivity index (χ0) is 44.5. The van der Waals surface area contributed by atoms with Gasteiger partial charge in [-0.3, -0.25) is 0 Å². The van der Waals surface area contributed by atoms with E-state index in [2.05, 4.69) is 218 Å². The van der Waals surface area contributed by atoms with Gasteiger partial charge in [-0.05, 0) is 158 Å². The first kappa shape index (κ1) is 37.3. The van der Waals surface area contributed by atoms with E-state index in [-0.39, 0.29) is 0 Å². The second kappa shape index (κ2) is 14.3. The lowest BCUT2D eigenvalue weighted by atomic mass is 9.84. The molecule has 0 spiro atoms. The number of furan rings is 2. The van der Waals surface area contributed by atoms with Gasteiger partial charge >= 0.3 is 0 Å². The molecule has 2 aromatic heterocycles. The van der Waals surface area contributed by atoms with E-state index in [9.17, 15) is 0 Å². The molecule has 15 aromatic rings. The Labute approximate surface area is 390 Å². The molecule has 0 unspecified atom stereocenters. The molecule has 0 amide bonds. The molecule has 13 aromatic carbocycles. The Balaban J connectivity index is 0.939. The van der Waals surface area contributed by atoms with E-state index in [1.165, 1.54) is 109 Å². The van der Waals surface area contributed by atoms with Gasteiger partial charge in [0.15, 0.2) is 0 Å². The van der Waals surface area contributed by atoms with Crippen LogP contribution in [0, 0.1) is 0 Å². The molecule has 0 aliphatic heterocycles. The lowest BCUT2D eigenvalue weighted by Crippen LogP contribution is -1.92. The first-order valence-corrected chi connectivity index (χ1v) is 23.4. The van der Waals surface area contributed by atoms with Crippen molar-refractivity contribution in [3.63, 3.8) is 0 Å². The number of rotatable bonds is 4. The highest BCUT2D eigenvalue weighted by Crippen LogP contribution is 2.48. The Hall–Kier alpha value is -8.98. The second-order valence-corrected chi connectivity index (χ2v) is 18.2. The van der Waals surface area contributed by atoms with Crippen molar-refractivity contribution in [1.82, 2.24) is 0 Å². The van der Waals surface area contributed by atoms with Crippen molar-refractivity contribution in [1.29, 1.82) is 0 Å². The van der Waals surface area contributed by atoms with Gasteiger partial charge in [-0.2, -0.15) is 0 Å². The Morgan fingerprint density at radius 3 is 0.735 bits per heavy atom. The molecule has 15 rings (SSSR count). The third kappa shape index (κ3) is 5.40. The molecule has 0 radical (unpaired) electrons. The van der Waals surface area contributed by atoms with E-state index < -0.39 is 0 Å². The van der Waals surface area contributed by atoms with Crippen LogP contribution in [0.2, 0.25) is 0 Å². The summed E-state index contributed by atoms with van der Waals surface area (Å²) in [6.07, 6.45) is 0. The number of fused-ring (bicyclic) bond motifs is 13. The van der Waals surface area contributed by atoms with Crippen LogP contribution in [0.4, 0.5) is 0 Å². The van der Waals surface area contributed by atoms with Crippen molar-refractivity contribution in [2.45, 2.75) is 0 Å². The monoisotopic (exact) mass is 862 g/mol. The molecule has 0 bridgehead atoms. The van der Waals surface area contributed by atoms with Crippen LogP contribution in [0.1, 0.15) is 0 Å². The zero-order valence-electron chi connectivity index (χ0n) is 36.8. The smallest absolute Gasteiger partial charge is 0.135 e. The maximum absolute atomic E-state index is 6.27. The summed E-state index contributed by atoms with van der Waals surface area (Å²) in [5.41, 5.74) is 13.4. The van der Waals surface area contributed by atoms with Gasteiger partial charge in [0.2, 0.25) is 0 Å². The van der Waals surface area contributed by atoms with Gasteiger partial charge < -0.3 is 8.83 Å². The normalized spacial score (nSPS) is 12.1. The summed E-state index contributed by atoms with van der Waals surface area (Å²) in [7, 11) is 0. The Morgan fingerprint density at radius 1 is 0.176 bits per heavy atom. The SMILES string of the molecule is c1ccc2c(c1)oc1ccc(-c3c4ccccc4c(-c4ccc5ccc6ccc(-c7c8ccccc8c(-c8ccc9oc%10ccccc%10c9c8)c8ccccc78)cc6c5c4)c4ccccc34)cc12. The fourth-order valence-electron chi connectivity index (χ4n) is 11.6. The van der Waals surface area contributed by atoms with Crippen molar-refractivity contribution in [3.05, 3.63) is 231 Å². The van der Waals surface area contributed by atoms with Crippen molar-refractivity contribution in [2.24, 2.45) is 0 Å². The van der Waals surface area contributed by atoms with E-state index in [1.54, 1.807) is 0 Å². The van der Waals surface area contributed by atoms with Crippen LogP contribution in [0.25, 0.3) is 153 Å². The first-order valence-electron chi connectivity index (χ1n) is 23.4. The van der Waals surface area contributed by atoms with Gasteiger partial charge in [-0.25, -0.2) is 0 Å². The van der Waals surface area contributed by atoms with Crippen LogP contribution < -0.4 is 0 Å². The Morgan fingerprint density at radius 2 is 0.412 bits per heavy atom. The minimum Gasteiger partial charge on any atom is -0.456 e. The molecular weight excluding hydrogens is 825 g/mol. The van der Waals surface area contributed by atoms with Crippen LogP contribution in [0.3, 0.4) is 0 Å². The van der Waals surface area contributed by atoms with Crippen LogP contribution in [0.15, 0.2) is 239 Å². The van der Waals surface area contributed by atoms with Crippen molar-refractivity contribution >= 4 is 109 Å². The molecular formula is C66H38O2. The van der Waals surface area contributed by atoms with Gasteiger partial charge in [0.25, 0.3) is 0 Å². The van der Waals surface area contributed by atoms with Gasteiger partial charge in [0.1, 0.15) is 22.3 Å². The summed E-state index contributed by atoms with van der Waals surface area (Å²) in [4.78, 5) is 0. The zero-order valence-corrected chi connectivity index (χ0v) is 36.8. The van der Waals surface area contributed by atoms with Crippen LogP contribution >= 0.6 is 0 Å². The summed E-state index contributed by atoms with van der Waals surface area (Å²) in [6, 6.07) is 84.4. The van der Waals surface area contributed by atoms with Crippen LogP contribution in [-0.4, -0.2) is 0 Å². The Bertz CT molecular complexity index is 4210. The topological polar surface area (TPSA) is 26.3 Å². The molecule has 0 saturated carbocycles. The molecule has 0 aliphatic carbocycles. The minimum atomic E-state index is 0.905. The molecule has 2 heterocycles. The van der Waals surface area contributed by atoms with Crippen LogP contribution in [-0.2, 0) is 0 Å². The molecule has 314 valence electrons. The van der Waals surface area contributed by atoms with E-state index in [4.69, 9.17) is 8.83 Å². The molecule has 0 atom stereocenters. The third-order valence-electron chi connectivity index (χ3n) is 14.6. The second-order valence-electron chi connectivity index (χ2n) is 18.2. The highest BCUT2D eigenvalue weighted by atomic mass is 16.3. The quantitative estimate of drug-likeness (QED) is 0.130. The molecule has 0 saturated heterocycles. The van der Waals surface area contributed by atoms with Crippen molar-refractivity contribution < 1.29 is 8.83 Å². The van der Waals surface area contributed by atoms with Crippen LogP contribution in [0.5, 0.6) is 0 Å². The largest absolute Gasteiger partial charge is 0.456 e. The molecule has 2 heteroatoms. The van der Waals surface area contributed by atoms with E-state index >= 15 is 0 Å². The lowest BCUT2D eigenvalue weighted by molar-refractivity contribution is 0.668. The molecule has 68 heavy (non-hydrogen) atoms. The number of hydrogen-bond donors (Lipinski definition) is 0. The van der Waals surface area contributed by atoms with Crippen molar-refractivity contribution in [2.75, 3.05) is 0 Å². The van der Waals surface area contributed by atoms with Crippen molar-refractivity contribution in [3.8, 4) is 44.5 Å². The first-order chi connectivity index (χ1) is 33.7. The fourth-order valence-corrected chi connectivity index (χ4v) is 11.6. The summed E-state index contributed by atoms with van der Waals surface area (Å²) >= 11 is 0. The maximum Gasteiger partial charge on any atom is 0.135 e. The third-order valence-corrected chi connectivity index (χ3v) is 14.6. The number of benzene rings is 13. The summed E-state index contributed by atoms with van der Waals surface area (Å²) in [5.74, 6) is 0. The van der Waals surface area contributed by atoms with E-state index in [0.29, 0.717) is 0 Å². The molecule has 0 fully saturated rings. The highest BCUT2D eigenvalue weighted by Gasteiger charge is 2.21. The summed E-state index contributed by atoms with van der Waals surface area (Å²) in [5, 5.41) is 19.3. The van der Waals surface area contributed by atoms with Gasteiger partial charge in [0, 0.05) is 21.5 Å². The average Bonchev–Trinajstić information content (AvgIpc) is 3.97. The summed E-state index contributed by atoms with van der Waals surface area (Å²) < 4.78 is 12.5. The van der Waals surface area contributed by atoms with E-state index in [0.717, 1.165) is 43.9 Å². The number of para-hydroxylation sites is 2. The molecule has 0 aliphatic rings. The Kier molecular flexibility index (Phi) is 7.81. The standard InChI is InChI=1S/C66H38O2/c1-5-19-51-47(15-1)63(48-16-2-6-20-52(48)65(51)43-31-33-61-57(37-43)45-13-9-11-23-59(45)67-61)41-29-27-39-25-26-40-28-30-42(36-56(40)55(39)35-41)64-49-17-3-7-21-53(49)66(54-22-8-4-18-50(54)64)44-32-34-62-58(38-44)46-14-10-12-24-60(46)68-62/h1-38H. The highest BCUT2D eigenvalue weighted by molar-refractivity contribution is 6.25. The maximum atomic E-state index is 6.27. The number of hydrogen-bond acceptors (Lipinski definition) is 2. The average molecular weight is 863 g/mol.